The normalized spacial score (nSPS) is 22.3. The fraction of sp³-hybridized carbons (Fsp3) is 0.714. The van der Waals surface area contributed by atoms with E-state index in [9.17, 15) is 4.79 Å². The van der Waals surface area contributed by atoms with Gasteiger partial charge in [-0.1, -0.05) is 0 Å². The summed E-state index contributed by atoms with van der Waals surface area (Å²) in [6.45, 7) is 3.26. The molecule has 1 aliphatic heterocycles. The summed E-state index contributed by atoms with van der Waals surface area (Å²) >= 11 is 0. The second-order valence-electron chi connectivity index (χ2n) is 5.65. The Morgan fingerprint density at radius 2 is 2.05 bits per heavy atom. The van der Waals surface area contributed by atoms with Crippen LogP contribution in [-0.2, 0) is 16.5 Å². The van der Waals surface area contributed by atoms with Crippen molar-refractivity contribution in [3.8, 4) is 0 Å². The lowest BCUT2D eigenvalue weighted by Crippen LogP contribution is -2.44. The zero-order valence-electron chi connectivity index (χ0n) is 12.0. The van der Waals surface area contributed by atoms with Crippen LogP contribution in [-0.4, -0.2) is 40.7 Å². The molecule has 6 nitrogen and oxygen atoms in total. The van der Waals surface area contributed by atoms with Gasteiger partial charge in [0.25, 0.3) is 5.91 Å². The first-order valence-electron chi connectivity index (χ1n) is 7.17. The monoisotopic (exact) mass is 279 g/mol. The number of hydrogen-bond donors (Lipinski definition) is 1. The van der Waals surface area contributed by atoms with Crippen molar-refractivity contribution in [1.82, 2.24) is 15.1 Å². The van der Waals surface area contributed by atoms with Gasteiger partial charge in [-0.15, -0.1) is 0 Å². The Morgan fingerprint density at radius 1 is 1.40 bits per heavy atom. The lowest BCUT2D eigenvalue weighted by molar-refractivity contribution is -0.179. The van der Waals surface area contributed by atoms with Gasteiger partial charge in [0.1, 0.15) is 5.69 Å². The first-order chi connectivity index (χ1) is 9.58. The van der Waals surface area contributed by atoms with E-state index in [0.717, 1.165) is 31.4 Å². The van der Waals surface area contributed by atoms with Gasteiger partial charge in [-0.05, 0) is 25.8 Å². The quantitative estimate of drug-likeness (QED) is 0.882. The second-order valence-corrected chi connectivity index (χ2v) is 5.65. The van der Waals surface area contributed by atoms with Gasteiger partial charge in [-0.25, -0.2) is 0 Å². The van der Waals surface area contributed by atoms with Crippen LogP contribution in [0.4, 0.5) is 0 Å². The standard InChI is InChI=1S/C14H21N3O3/c1-10-9-12(17(2)16-10)13(18)15-11-3-5-14(6-4-11)19-7-8-20-14/h9,11H,3-8H2,1-2H3,(H,15,18). The molecule has 1 saturated carbocycles. The molecule has 0 atom stereocenters. The number of rotatable bonds is 2. The molecule has 2 heterocycles. The third-order valence-corrected chi connectivity index (χ3v) is 4.13. The average molecular weight is 279 g/mol. The first-order valence-corrected chi connectivity index (χ1v) is 7.17. The van der Waals surface area contributed by atoms with E-state index in [1.54, 1.807) is 11.7 Å². The van der Waals surface area contributed by atoms with Crippen LogP contribution in [0.2, 0.25) is 0 Å². The molecular weight excluding hydrogens is 258 g/mol. The number of aromatic nitrogens is 2. The molecule has 2 fully saturated rings. The topological polar surface area (TPSA) is 65.4 Å². The fourth-order valence-corrected chi connectivity index (χ4v) is 3.07. The number of ether oxygens (including phenoxy) is 2. The largest absolute Gasteiger partial charge is 0.348 e. The van der Waals surface area contributed by atoms with E-state index in [1.165, 1.54) is 0 Å². The molecule has 1 N–H and O–H groups in total. The van der Waals surface area contributed by atoms with Gasteiger partial charge < -0.3 is 14.8 Å². The number of amides is 1. The molecule has 110 valence electrons. The zero-order valence-corrected chi connectivity index (χ0v) is 12.0. The molecule has 1 saturated heterocycles. The minimum absolute atomic E-state index is 0.0534. The van der Waals surface area contributed by atoms with E-state index in [0.29, 0.717) is 18.9 Å². The molecule has 0 bridgehead atoms. The Labute approximate surface area is 118 Å². The summed E-state index contributed by atoms with van der Waals surface area (Å²) < 4.78 is 13.0. The Balaban J connectivity index is 1.57. The van der Waals surface area contributed by atoms with Gasteiger partial charge in [0.15, 0.2) is 5.79 Å². The lowest BCUT2D eigenvalue weighted by Gasteiger charge is -2.35. The van der Waals surface area contributed by atoms with Crippen LogP contribution in [0.5, 0.6) is 0 Å². The molecule has 1 amide bonds. The molecule has 1 aromatic rings. The highest BCUT2D eigenvalue weighted by Crippen LogP contribution is 2.35. The highest BCUT2D eigenvalue weighted by atomic mass is 16.7. The van der Waals surface area contributed by atoms with E-state index in [4.69, 9.17) is 9.47 Å². The smallest absolute Gasteiger partial charge is 0.269 e. The van der Waals surface area contributed by atoms with Crippen LogP contribution in [0.15, 0.2) is 6.07 Å². The molecule has 0 unspecified atom stereocenters. The maximum atomic E-state index is 12.2. The van der Waals surface area contributed by atoms with Gasteiger partial charge in [-0.3, -0.25) is 9.48 Å². The molecule has 0 aromatic carbocycles. The summed E-state index contributed by atoms with van der Waals surface area (Å²) in [4.78, 5) is 12.2. The predicted molar refractivity (Wildman–Crippen MR) is 72.3 cm³/mol. The number of carbonyl (C=O) groups excluding carboxylic acids is 1. The minimum Gasteiger partial charge on any atom is -0.348 e. The summed E-state index contributed by atoms with van der Waals surface area (Å²) in [6, 6.07) is 2.00. The summed E-state index contributed by atoms with van der Waals surface area (Å²) in [5, 5.41) is 7.28. The predicted octanol–water partition coefficient (Wildman–Crippen LogP) is 1.14. The van der Waals surface area contributed by atoms with Crippen LogP contribution in [0.25, 0.3) is 0 Å². The number of nitrogens with zero attached hydrogens (tertiary/aromatic N) is 2. The van der Waals surface area contributed by atoms with Crippen molar-refractivity contribution in [2.24, 2.45) is 7.05 Å². The van der Waals surface area contributed by atoms with Crippen LogP contribution in [0.3, 0.4) is 0 Å². The third kappa shape index (κ3) is 2.58. The molecular formula is C14H21N3O3. The number of aryl methyl sites for hydroxylation is 2. The highest BCUT2D eigenvalue weighted by Gasteiger charge is 2.40. The molecule has 1 spiro atoms. The fourth-order valence-electron chi connectivity index (χ4n) is 3.07. The summed E-state index contributed by atoms with van der Waals surface area (Å²) in [5.74, 6) is -0.424. The Kier molecular flexibility index (Phi) is 3.52. The molecule has 3 rings (SSSR count). The van der Waals surface area contributed by atoms with Crippen LogP contribution in [0.1, 0.15) is 41.9 Å². The summed E-state index contributed by atoms with van der Waals surface area (Å²) in [5.41, 5.74) is 1.46. The van der Waals surface area contributed by atoms with Gasteiger partial charge in [0.05, 0.1) is 18.9 Å². The van der Waals surface area contributed by atoms with Gasteiger partial charge in [0.2, 0.25) is 0 Å². The van der Waals surface area contributed by atoms with Gasteiger partial charge in [0, 0.05) is 25.9 Å². The number of hydrogen-bond acceptors (Lipinski definition) is 4. The van der Waals surface area contributed by atoms with E-state index in [-0.39, 0.29) is 17.7 Å². The third-order valence-electron chi connectivity index (χ3n) is 4.13. The molecule has 2 aliphatic rings. The summed E-state index contributed by atoms with van der Waals surface area (Å²) in [6.07, 6.45) is 3.48. The van der Waals surface area contributed by atoms with Crippen molar-refractivity contribution >= 4 is 5.91 Å². The SMILES string of the molecule is Cc1cc(C(=O)NC2CCC3(CC2)OCCO3)n(C)n1. The summed E-state index contributed by atoms with van der Waals surface area (Å²) in [7, 11) is 1.79. The van der Waals surface area contributed by atoms with E-state index in [1.807, 2.05) is 13.0 Å². The molecule has 0 radical (unpaired) electrons. The molecule has 20 heavy (non-hydrogen) atoms. The number of carbonyl (C=O) groups is 1. The molecule has 6 heteroatoms. The maximum absolute atomic E-state index is 12.2. The van der Waals surface area contributed by atoms with Crippen molar-refractivity contribution in [2.75, 3.05) is 13.2 Å². The Bertz CT molecular complexity index is 496. The van der Waals surface area contributed by atoms with Crippen molar-refractivity contribution in [1.29, 1.82) is 0 Å². The Hall–Kier alpha value is -1.40. The highest BCUT2D eigenvalue weighted by molar-refractivity contribution is 5.92. The lowest BCUT2D eigenvalue weighted by atomic mass is 9.90. The average Bonchev–Trinajstić information content (AvgIpc) is 3.00. The minimum atomic E-state index is -0.371. The van der Waals surface area contributed by atoms with Crippen LogP contribution < -0.4 is 5.32 Å². The van der Waals surface area contributed by atoms with Gasteiger partial charge in [-0.2, -0.15) is 5.10 Å². The van der Waals surface area contributed by atoms with Crippen molar-refractivity contribution in [3.63, 3.8) is 0 Å². The van der Waals surface area contributed by atoms with Gasteiger partial charge >= 0.3 is 0 Å². The maximum Gasteiger partial charge on any atom is 0.269 e. The zero-order chi connectivity index (χ0) is 14.2. The van der Waals surface area contributed by atoms with E-state index >= 15 is 0 Å². The van der Waals surface area contributed by atoms with Crippen LogP contribution >= 0.6 is 0 Å². The van der Waals surface area contributed by atoms with Crippen LogP contribution in [0, 0.1) is 6.92 Å². The van der Waals surface area contributed by atoms with Crippen molar-refractivity contribution in [3.05, 3.63) is 17.5 Å². The first kappa shape index (κ1) is 13.6. The van der Waals surface area contributed by atoms with Crippen molar-refractivity contribution < 1.29 is 14.3 Å². The van der Waals surface area contributed by atoms with E-state index < -0.39 is 0 Å². The van der Waals surface area contributed by atoms with E-state index in [2.05, 4.69) is 10.4 Å². The molecule has 1 aliphatic carbocycles. The Morgan fingerprint density at radius 3 is 2.60 bits per heavy atom. The number of nitrogens with one attached hydrogen (secondary N) is 1. The molecule has 1 aromatic heterocycles. The van der Waals surface area contributed by atoms with Crippen molar-refractivity contribution in [2.45, 2.75) is 44.4 Å². The second kappa shape index (κ2) is 5.18.